The molecular formula is C27H22FN7. The number of imidazole rings is 1. The highest BCUT2D eigenvalue weighted by Crippen LogP contribution is 2.32. The van der Waals surface area contributed by atoms with Crippen molar-refractivity contribution >= 4 is 22.1 Å². The Morgan fingerprint density at radius 1 is 0.886 bits per heavy atom. The molecule has 0 unspecified atom stereocenters. The fraction of sp³-hybridized carbons (Fsp3) is 0.111. The minimum atomic E-state index is -0.268. The van der Waals surface area contributed by atoms with Gasteiger partial charge in [0.05, 0.1) is 22.2 Å². The van der Waals surface area contributed by atoms with Gasteiger partial charge in [-0.1, -0.05) is 31.2 Å². The number of H-pyrrole nitrogens is 2. The minimum absolute atomic E-state index is 0.268. The van der Waals surface area contributed by atoms with E-state index in [0.29, 0.717) is 11.5 Å². The van der Waals surface area contributed by atoms with E-state index in [1.54, 1.807) is 12.1 Å². The zero-order valence-electron chi connectivity index (χ0n) is 19.0. The van der Waals surface area contributed by atoms with Gasteiger partial charge in [-0.05, 0) is 54.1 Å². The van der Waals surface area contributed by atoms with Crippen LogP contribution >= 0.6 is 0 Å². The first-order valence-corrected chi connectivity index (χ1v) is 11.4. The van der Waals surface area contributed by atoms with E-state index in [4.69, 9.17) is 9.97 Å². The maximum Gasteiger partial charge on any atom is 0.161 e. The molecule has 0 aliphatic heterocycles. The van der Waals surface area contributed by atoms with E-state index >= 15 is 0 Å². The zero-order chi connectivity index (χ0) is 23.8. The Morgan fingerprint density at radius 3 is 2.63 bits per heavy atom. The number of pyridine rings is 2. The number of hydrogen-bond donors (Lipinski definition) is 3. The highest BCUT2D eigenvalue weighted by atomic mass is 19.1. The number of aromatic nitrogens is 6. The maximum absolute atomic E-state index is 13.4. The van der Waals surface area contributed by atoms with Crippen LogP contribution in [0.25, 0.3) is 56.0 Å². The van der Waals surface area contributed by atoms with Gasteiger partial charge in [-0.3, -0.25) is 10.1 Å². The highest BCUT2D eigenvalue weighted by molar-refractivity contribution is 5.96. The van der Waals surface area contributed by atoms with Gasteiger partial charge in [0.1, 0.15) is 11.3 Å². The lowest BCUT2D eigenvalue weighted by molar-refractivity contribution is 0.628. The third-order valence-electron chi connectivity index (χ3n) is 5.97. The summed E-state index contributed by atoms with van der Waals surface area (Å²) in [6, 6.07) is 18.4. The summed E-state index contributed by atoms with van der Waals surface area (Å²) in [4.78, 5) is 17.5. The Kier molecular flexibility index (Phi) is 5.27. The van der Waals surface area contributed by atoms with E-state index in [-0.39, 0.29) is 5.82 Å². The summed E-state index contributed by atoms with van der Waals surface area (Å²) in [7, 11) is 0. The minimum Gasteiger partial charge on any atom is -0.336 e. The van der Waals surface area contributed by atoms with E-state index < -0.39 is 0 Å². The van der Waals surface area contributed by atoms with Crippen LogP contribution in [0.1, 0.15) is 12.5 Å². The summed E-state index contributed by atoms with van der Waals surface area (Å²) in [5, 5.41) is 10.9. The SMILES string of the molecule is CCNCc1cncc(-c2ccc3[nH]nc(-c4nc5c(-c6ccc(F)cc6)cccc5[nH]4)c3n2)c1. The van der Waals surface area contributed by atoms with Crippen molar-refractivity contribution in [1.82, 2.24) is 35.5 Å². The van der Waals surface area contributed by atoms with Crippen molar-refractivity contribution in [1.29, 1.82) is 0 Å². The molecule has 3 N–H and O–H groups in total. The number of fused-ring (bicyclic) bond motifs is 2. The van der Waals surface area contributed by atoms with Gasteiger partial charge in [0.15, 0.2) is 11.5 Å². The second-order valence-corrected chi connectivity index (χ2v) is 8.32. The van der Waals surface area contributed by atoms with Crippen LogP contribution in [0.2, 0.25) is 0 Å². The first kappa shape index (κ1) is 21.1. The van der Waals surface area contributed by atoms with Crippen LogP contribution in [0.4, 0.5) is 4.39 Å². The lowest BCUT2D eigenvalue weighted by atomic mass is 10.0. The molecule has 0 aliphatic carbocycles. The van der Waals surface area contributed by atoms with Crippen molar-refractivity contribution < 1.29 is 4.39 Å². The Hall–Kier alpha value is -4.43. The van der Waals surface area contributed by atoms with Crippen LogP contribution in [-0.4, -0.2) is 36.7 Å². The summed E-state index contributed by atoms with van der Waals surface area (Å²) in [5.74, 6) is 0.348. The monoisotopic (exact) mass is 463 g/mol. The van der Waals surface area contributed by atoms with Crippen molar-refractivity contribution in [2.24, 2.45) is 0 Å². The van der Waals surface area contributed by atoms with E-state index in [1.807, 2.05) is 42.7 Å². The van der Waals surface area contributed by atoms with Crippen LogP contribution in [0.5, 0.6) is 0 Å². The number of hydrogen-bond acceptors (Lipinski definition) is 5. The zero-order valence-corrected chi connectivity index (χ0v) is 19.0. The number of para-hydroxylation sites is 1. The standard InChI is InChI=1S/C27H22FN7/c1-2-29-13-16-12-18(15-30-14-16)21-10-11-23-25(31-21)26(35-34-23)27-32-22-5-3-4-20(24(22)33-27)17-6-8-19(28)9-7-17/h3-12,14-15,29H,2,13H2,1H3,(H,32,33)(H,34,35). The lowest BCUT2D eigenvalue weighted by Gasteiger charge is -2.05. The summed E-state index contributed by atoms with van der Waals surface area (Å²) in [6.07, 6.45) is 3.68. The van der Waals surface area contributed by atoms with Crippen molar-refractivity contribution in [2.75, 3.05) is 6.54 Å². The molecule has 2 aromatic carbocycles. The van der Waals surface area contributed by atoms with E-state index in [9.17, 15) is 4.39 Å². The second-order valence-electron chi connectivity index (χ2n) is 8.32. The quantitative estimate of drug-likeness (QED) is 0.304. The molecule has 0 spiro atoms. The topological polar surface area (TPSA) is 95.2 Å². The van der Waals surface area contributed by atoms with Gasteiger partial charge < -0.3 is 10.3 Å². The van der Waals surface area contributed by atoms with E-state index in [2.05, 4.69) is 38.5 Å². The Bertz CT molecular complexity index is 1650. The second kappa shape index (κ2) is 8.73. The summed E-state index contributed by atoms with van der Waals surface area (Å²) < 4.78 is 13.4. The van der Waals surface area contributed by atoms with Gasteiger partial charge in [-0.25, -0.2) is 14.4 Å². The fourth-order valence-electron chi connectivity index (χ4n) is 4.23. The van der Waals surface area contributed by atoms with Gasteiger partial charge in [0, 0.05) is 30.1 Å². The molecule has 172 valence electrons. The molecule has 7 nitrogen and oxygen atoms in total. The van der Waals surface area contributed by atoms with Gasteiger partial charge in [-0.2, -0.15) is 5.10 Å². The van der Waals surface area contributed by atoms with Crippen molar-refractivity contribution in [2.45, 2.75) is 13.5 Å². The molecule has 6 aromatic rings. The first-order valence-electron chi connectivity index (χ1n) is 11.4. The smallest absolute Gasteiger partial charge is 0.161 e. The van der Waals surface area contributed by atoms with E-state index in [0.717, 1.165) is 63.1 Å². The number of nitrogens with one attached hydrogen (secondary N) is 3. The predicted molar refractivity (Wildman–Crippen MR) is 135 cm³/mol. The molecule has 0 radical (unpaired) electrons. The lowest BCUT2D eigenvalue weighted by Crippen LogP contribution is -2.11. The number of aromatic amines is 2. The molecule has 35 heavy (non-hydrogen) atoms. The number of rotatable bonds is 6. The molecule has 0 amide bonds. The molecule has 0 saturated heterocycles. The van der Waals surface area contributed by atoms with Crippen LogP contribution < -0.4 is 5.32 Å². The first-order chi connectivity index (χ1) is 17.2. The van der Waals surface area contributed by atoms with Crippen LogP contribution in [-0.2, 0) is 6.54 Å². The largest absolute Gasteiger partial charge is 0.336 e. The summed E-state index contributed by atoms with van der Waals surface area (Å²) in [6.45, 7) is 3.73. The molecule has 4 aromatic heterocycles. The molecule has 0 atom stereocenters. The summed E-state index contributed by atoms with van der Waals surface area (Å²) >= 11 is 0. The van der Waals surface area contributed by atoms with Crippen LogP contribution in [0.3, 0.4) is 0 Å². The third kappa shape index (κ3) is 3.94. The average Bonchev–Trinajstić information content (AvgIpc) is 3.51. The van der Waals surface area contributed by atoms with Crippen molar-refractivity contribution in [3.8, 4) is 33.9 Å². The van der Waals surface area contributed by atoms with Crippen molar-refractivity contribution in [3.05, 3.63) is 84.4 Å². The number of halogens is 1. The Labute approximate surface area is 200 Å². The molecule has 0 saturated carbocycles. The average molecular weight is 464 g/mol. The molecule has 0 aliphatic rings. The fourth-order valence-corrected chi connectivity index (χ4v) is 4.23. The molecule has 4 heterocycles. The van der Waals surface area contributed by atoms with Gasteiger partial charge >= 0.3 is 0 Å². The molecule has 0 bridgehead atoms. The summed E-state index contributed by atoms with van der Waals surface area (Å²) in [5.41, 5.74) is 8.52. The highest BCUT2D eigenvalue weighted by Gasteiger charge is 2.17. The van der Waals surface area contributed by atoms with Gasteiger partial charge in [0.2, 0.25) is 0 Å². The molecule has 0 fully saturated rings. The predicted octanol–water partition coefficient (Wildman–Crippen LogP) is 5.48. The van der Waals surface area contributed by atoms with Gasteiger partial charge in [0.25, 0.3) is 0 Å². The normalized spacial score (nSPS) is 11.5. The molecular weight excluding hydrogens is 441 g/mol. The third-order valence-corrected chi connectivity index (χ3v) is 5.97. The Morgan fingerprint density at radius 2 is 1.77 bits per heavy atom. The van der Waals surface area contributed by atoms with Crippen LogP contribution in [0, 0.1) is 5.82 Å². The number of nitrogens with zero attached hydrogens (tertiary/aromatic N) is 4. The number of benzene rings is 2. The maximum atomic E-state index is 13.4. The van der Waals surface area contributed by atoms with Gasteiger partial charge in [-0.15, -0.1) is 0 Å². The molecule has 8 heteroatoms. The van der Waals surface area contributed by atoms with Crippen molar-refractivity contribution in [3.63, 3.8) is 0 Å². The van der Waals surface area contributed by atoms with Crippen LogP contribution in [0.15, 0.2) is 73.1 Å². The Balaban J connectivity index is 1.43. The molecule has 6 rings (SSSR count). The van der Waals surface area contributed by atoms with E-state index in [1.165, 1.54) is 12.1 Å².